The van der Waals surface area contributed by atoms with Crippen molar-refractivity contribution in [2.75, 3.05) is 0 Å². The second-order valence-electron chi connectivity index (χ2n) is 5.99. The molecule has 0 bridgehead atoms. The zero-order valence-corrected chi connectivity index (χ0v) is 14.6. The van der Waals surface area contributed by atoms with Crippen LogP contribution in [0, 0.1) is 0 Å². The summed E-state index contributed by atoms with van der Waals surface area (Å²) in [5.74, 6) is 0.110. The molecular formula is C20H16F3N3O2. The number of nitrogens with two attached hydrogens (primary N) is 1. The Hall–Kier alpha value is -3.42. The Labute approximate surface area is 159 Å². The maximum atomic E-state index is 12.6. The SMILES string of the molecule is NC(=O)CCc1cccc(-c2ccc(Oc3ccc(C(F)(F)F)cn3)cc2)n1. The van der Waals surface area contributed by atoms with Crippen molar-refractivity contribution >= 4 is 5.91 Å². The van der Waals surface area contributed by atoms with Gasteiger partial charge in [-0.1, -0.05) is 6.07 Å². The lowest BCUT2D eigenvalue weighted by atomic mass is 10.1. The molecule has 0 fully saturated rings. The fourth-order valence-corrected chi connectivity index (χ4v) is 2.45. The Bertz CT molecular complexity index is 956. The van der Waals surface area contributed by atoms with Crippen molar-refractivity contribution in [3.05, 3.63) is 72.1 Å². The Morgan fingerprint density at radius 2 is 1.79 bits per heavy atom. The molecule has 3 rings (SSSR count). The average molecular weight is 387 g/mol. The predicted octanol–water partition coefficient (Wildman–Crippen LogP) is 4.37. The van der Waals surface area contributed by atoms with E-state index in [1.807, 2.05) is 18.2 Å². The standard InChI is InChI=1S/C20H16F3N3O2/c21-20(22,23)14-6-11-19(25-12-14)28-16-8-4-13(5-9-16)17-3-1-2-15(26-17)7-10-18(24)27/h1-6,8-9,11-12H,7,10H2,(H2,24,27). The molecule has 0 aliphatic rings. The van der Waals surface area contributed by atoms with Crippen LogP contribution >= 0.6 is 0 Å². The van der Waals surface area contributed by atoms with E-state index in [4.69, 9.17) is 10.5 Å². The van der Waals surface area contributed by atoms with Crippen LogP contribution in [0.5, 0.6) is 11.6 Å². The molecule has 1 aromatic carbocycles. The molecule has 0 atom stereocenters. The average Bonchev–Trinajstić information content (AvgIpc) is 2.67. The third kappa shape index (κ3) is 5.06. The van der Waals surface area contributed by atoms with Gasteiger partial charge in [0.1, 0.15) is 5.75 Å². The zero-order chi connectivity index (χ0) is 20.1. The van der Waals surface area contributed by atoms with Crippen molar-refractivity contribution in [1.29, 1.82) is 0 Å². The third-order valence-corrected chi connectivity index (χ3v) is 3.87. The Balaban J connectivity index is 1.70. The molecule has 2 aromatic heterocycles. The van der Waals surface area contributed by atoms with Crippen molar-refractivity contribution in [2.45, 2.75) is 19.0 Å². The summed E-state index contributed by atoms with van der Waals surface area (Å²) >= 11 is 0. The summed E-state index contributed by atoms with van der Waals surface area (Å²) in [6, 6.07) is 14.5. The minimum absolute atomic E-state index is 0.0623. The number of carbonyl (C=O) groups excluding carboxylic acids is 1. The van der Waals surface area contributed by atoms with Gasteiger partial charge in [0.15, 0.2) is 0 Å². The molecule has 5 nitrogen and oxygen atoms in total. The number of hydrogen-bond acceptors (Lipinski definition) is 4. The van der Waals surface area contributed by atoms with Gasteiger partial charge >= 0.3 is 6.18 Å². The van der Waals surface area contributed by atoms with Crippen molar-refractivity contribution in [3.63, 3.8) is 0 Å². The number of alkyl halides is 3. The fraction of sp³-hybridized carbons (Fsp3) is 0.150. The molecule has 3 aromatic rings. The summed E-state index contributed by atoms with van der Waals surface area (Å²) in [5.41, 5.74) is 6.63. The van der Waals surface area contributed by atoms with Gasteiger partial charge < -0.3 is 10.5 Å². The smallest absolute Gasteiger partial charge is 0.417 e. The number of aromatic nitrogens is 2. The van der Waals surface area contributed by atoms with E-state index in [1.54, 1.807) is 24.3 Å². The van der Waals surface area contributed by atoms with Gasteiger partial charge in [0.05, 0.1) is 11.3 Å². The van der Waals surface area contributed by atoms with Gasteiger partial charge in [-0.25, -0.2) is 4.98 Å². The van der Waals surface area contributed by atoms with Gasteiger partial charge in [0.25, 0.3) is 0 Å². The minimum Gasteiger partial charge on any atom is -0.439 e. The van der Waals surface area contributed by atoms with E-state index in [0.29, 0.717) is 12.2 Å². The molecule has 0 saturated carbocycles. The van der Waals surface area contributed by atoms with E-state index in [0.717, 1.165) is 29.2 Å². The van der Waals surface area contributed by atoms with Gasteiger partial charge in [0, 0.05) is 29.9 Å². The number of pyridine rings is 2. The number of nitrogens with zero attached hydrogens (tertiary/aromatic N) is 2. The number of benzene rings is 1. The maximum Gasteiger partial charge on any atom is 0.417 e. The first-order chi connectivity index (χ1) is 13.3. The van der Waals surface area contributed by atoms with Crippen LogP contribution in [-0.4, -0.2) is 15.9 Å². The number of rotatable bonds is 6. The lowest BCUT2D eigenvalue weighted by Crippen LogP contribution is -2.11. The number of ether oxygens (including phenoxy) is 1. The van der Waals surface area contributed by atoms with Crippen LogP contribution in [0.2, 0.25) is 0 Å². The van der Waals surface area contributed by atoms with Crippen molar-refractivity contribution < 1.29 is 22.7 Å². The van der Waals surface area contributed by atoms with Crippen molar-refractivity contribution in [1.82, 2.24) is 9.97 Å². The van der Waals surface area contributed by atoms with E-state index >= 15 is 0 Å². The number of hydrogen-bond donors (Lipinski definition) is 1. The summed E-state index contributed by atoms with van der Waals surface area (Å²) in [6.45, 7) is 0. The summed E-state index contributed by atoms with van der Waals surface area (Å²) in [4.78, 5) is 19.1. The van der Waals surface area contributed by atoms with E-state index in [9.17, 15) is 18.0 Å². The molecule has 0 saturated heterocycles. The van der Waals surface area contributed by atoms with E-state index in [-0.39, 0.29) is 18.2 Å². The zero-order valence-electron chi connectivity index (χ0n) is 14.6. The Morgan fingerprint density at radius 3 is 2.39 bits per heavy atom. The highest BCUT2D eigenvalue weighted by Gasteiger charge is 2.30. The molecule has 0 aliphatic carbocycles. The number of halogens is 3. The summed E-state index contributed by atoms with van der Waals surface area (Å²) in [5, 5.41) is 0. The van der Waals surface area contributed by atoms with Crippen LogP contribution in [-0.2, 0) is 17.4 Å². The number of primary amides is 1. The summed E-state index contributed by atoms with van der Waals surface area (Å²) < 4.78 is 43.2. The van der Waals surface area contributed by atoms with Crippen LogP contribution in [0.25, 0.3) is 11.3 Å². The fourth-order valence-electron chi connectivity index (χ4n) is 2.45. The van der Waals surface area contributed by atoms with E-state index in [2.05, 4.69) is 9.97 Å². The lowest BCUT2D eigenvalue weighted by Gasteiger charge is -2.09. The largest absolute Gasteiger partial charge is 0.439 e. The Kier molecular flexibility index (Phi) is 5.58. The molecule has 28 heavy (non-hydrogen) atoms. The Morgan fingerprint density at radius 1 is 1.04 bits per heavy atom. The third-order valence-electron chi connectivity index (χ3n) is 3.87. The molecule has 0 spiro atoms. The van der Waals surface area contributed by atoms with Crippen molar-refractivity contribution in [3.8, 4) is 22.9 Å². The van der Waals surface area contributed by atoms with E-state index < -0.39 is 11.7 Å². The molecule has 2 heterocycles. The predicted molar refractivity (Wildman–Crippen MR) is 96.5 cm³/mol. The molecule has 8 heteroatoms. The lowest BCUT2D eigenvalue weighted by molar-refractivity contribution is -0.137. The number of carbonyl (C=O) groups is 1. The second-order valence-corrected chi connectivity index (χ2v) is 5.99. The van der Waals surface area contributed by atoms with Crippen LogP contribution in [0.3, 0.4) is 0 Å². The molecule has 0 radical (unpaired) electrons. The topological polar surface area (TPSA) is 78.1 Å². The van der Waals surface area contributed by atoms with Crippen LogP contribution in [0.4, 0.5) is 13.2 Å². The quantitative estimate of drug-likeness (QED) is 0.681. The maximum absolute atomic E-state index is 12.6. The molecule has 1 amide bonds. The second kappa shape index (κ2) is 8.08. The molecule has 0 unspecified atom stereocenters. The normalized spacial score (nSPS) is 11.2. The van der Waals surface area contributed by atoms with Crippen LogP contribution in [0.1, 0.15) is 17.7 Å². The molecule has 2 N–H and O–H groups in total. The van der Waals surface area contributed by atoms with Crippen LogP contribution < -0.4 is 10.5 Å². The summed E-state index contributed by atoms with van der Waals surface area (Å²) in [6.07, 6.45) is -3.02. The van der Waals surface area contributed by atoms with Gasteiger partial charge in [-0.2, -0.15) is 13.2 Å². The highest BCUT2D eigenvalue weighted by Crippen LogP contribution is 2.30. The summed E-state index contributed by atoms with van der Waals surface area (Å²) in [7, 11) is 0. The molecule has 144 valence electrons. The van der Waals surface area contributed by atoms with Gasteiger partial charge in [0.2, 0.25) is 11.8 Å². The first-order valence-corrected chi connectivity index (χ1v) is 8.37. The van der Waals surface area contributed by atoms with Gasteiger partial charge in [-0.3, -0.25) is 9.78 Å². The van der Waals surface area contributed by atoms with Crippen LogP contribution in [0.15, 0.2) is 60.8 Å². The number of amides is 1. The molecule has 0 aliphatic heterocycles. The van der Waals surface area contributed by atoms with Gasteiger partial charge in [-0.15, -0.1) is 0 Å². The first kappa shape index (κ1) is 19.3. The highest BCUT2D eigenvalue weighted by molar-refractivity contribution is 5.74. The highest BCUT2D eigenvalue weighted by atomic mass is 19.4. The number of aryl methyl sites for hydroxylation is 1. The monoisotopic (exact) mass is 387 g/mol. The first-order valence-electron chi connectivity index (χ1n) is 8.37. The minimum atomic E-state index is -4.44. The van der Waals surface area contributed by atoms with Gasteiger partial charge in [-0.05, 0) is 48.9 Å². The van der Waals surface area contributed by atoms with Crippen molar-refractivity contribution in [2.24, 2.45) is 5.73 Å². The molecular weight excluding hydrogens is 371 g/mol. The van der Waals surface area contributed by atoms with E-state index in [1.165, 1.54) is 6.07 Å².